The van der Waals surface area contributed by atoms with Crippen molar-refractivity contribution in [2.75, 3.05) is 13.1 Å². The monoisotopic (exact) mass is 241 g/mol. The highest BCUT2D eigenvalue weighted by atomic mass is 16.4. The first-order chi connectivity index (χ1) is 7.95. The molecule has 0 aromatic carbocycles. The summed E-state index contributed by atoms with van der Waals surface area (Å²) in [5.74, 6) is -0.477. The van der Waals surface area contributed by atoms with Crippen molar-refractivity contribution in [3.63, 3.8) is 0 Å². The SMILES string of the molecule is CCCC1(CCC)CN(C(C(=O)O)C(C)C)C1. The molecule has 0 spiro atoms. The molecule has 0 saturated carbocycles. The van der Waals surface area contributed by atoms with Gasteiger partial charge in [-0.1, -0.05) is 40.5 Å². The fourth-order valence-electron chi connectivity index (χ4n) is 3.38. The molecule has 0 aromatic heterocycles. The van der Waals surface area contributed by atoms with Gasteiger partial charge in [0.25, 0.3) is 0 Å². The first-order valence-electron chi connectivity index (χ1n) is 6.92. The summed E-state index contributed by atoms with van der Waals surface area (Å²) < 4.78 is 0. The molecule has 0 bridgehead atoms. The lowest BCUT2D eigenvalue weighted by Gasteiger charge is -2.53. The molecule has 3 heteroatoms. The van der Waals surface area contributed by atoms with Gasteiger partial charge in [-0.3, -0.25) is 9.69 Å². The Kier molecular flexibility index (Phi) is 4.99. The van der Waals surface area contributed by atoms with Crippen LogP contribution in [0.5, 0.6) is 0 Å². The number of hydrogen-bond acceptors (Lipinski definition) is 2. The van der Waals surface area contributed by atoms with Crippen LogP contribution < -0.4 is 0 Å². The minimum Gasteiger partial charge on any atom is -0.480 e. The van der Waals surface area contributed by atoms with Crippen LogP contribution in [0.25, 0.3) is 0 Å². The van der Waals surface area contributed by atoms with Crippen LogP contribution in [0.4, 0.5) is 0 Å². The van der Waals surface area contributed by atoms with Crippen molar-refractivity contribution in [3.8, 4) is 0 Å². The third kappa shape index (κ3) is 3.21. The first-order valence-corrected chi connectivity index (χ1v) is 6.92. The Hall–Kier alpha value is -0.570. The predicted molar refractivity (Wildman–Crippen MR) is 70.1 cm³/mol. The molecule has 1 atom stereocenters. The van der Waals surface area contributed by atoms with Crippen LogP contribution >= 0.6 is 0 Å². The Morgan fingerprint density at radius 1 is 1.24 bits per heavy atom. The van der Waals surface area contributed by atoms with E-state index in [0.717, 1.165) is 13.1 Å². The van der Waals surface area contributed by atoms with Crippen molar-refractivity contribution in [2.24, 2.45) is 11.3 Å². The molecule has 1 saturated heterocycles. The van der Waals surface area contributed by atoms with Gasteiger partial charge in [0, 0.05) is 13.1 Å². The Morgan fingerprint density at radius 2 is 1.71 bits per heavy atom. The summed E-state index contributed by atoms with van der Waals surface area (Å²) in [5, 5.41) is 9.27. The standard InChI is InChI=1S/C14H27NO2/c1-5-7-14(8-6-2)9-15(10-14)12(11(3)4)13(16)17/h11-12H,5-10H2,1-4H3,(H,16,17). The van der Waals surface area contributed by atoms with Crippen molar-refractivity contribution in [1.29, 1.82) is 0 Å². The van der Waals surface area contributed by atoms with E-state index < -0.39 is 5.97 Å². The molecule has 0 amide bonds. The van der Waals surface area contributed by atoms with E-state index in [1.54, 1.807) is 0 Å². The third-order valence-electron chi connectivity index (χ3n) is 3.92. The molecule has 100 valence electrons. The topological polar surface area (TPSA) is 40.5 Å². The molecule has 1 heterocycles. The molecule has 0 aromatic rings. The summed E-state index contributed by atoms with van der Waals surface area (Å²) in [5.41, 5.74) is 0.409. The summed E-state index contributed by atoms with van der Waals surface area (Å²) >= 11 is 0. The zero-order valence-electron chi connectivity index (χ0n) is 11.7. The number of carboxylic acids is 1. The van der Waals surface area contributed by atoms with Gasteiger partial charge in [-0.2, -0.15) is 0 Å². The molecule has 3 nitrogen and oxygen atoms in total. The summed E-state index contributed by atoms with van der Waals surface area (Å²) in [6.45, 7) is 10.4. The second-order valence-electron chi connectivity index (χ2n) is 5.93. The van der Waals surface area contributed by atoms with Crippen LogP contribution in [0.2, 0.25) is 0 Å². The molecule has 1 rings (SSSR count). The largest absolute Gasteiger partial charge is 0.480 e. The number of likely N-dealkylation sites (tertiary alicyclic amines) is 1. The first kappa shape index (κ1) is 14.5. The summed E-state index contributed by atoms with van der Waals surface area (Å²) in [6.07, 6.45) is 4.88. The number of carboxylic acid groups (broad SMARTS) is 1. The Bertz CT molecular complexity index is 249. The van der Waals surface area contributed by atoms with Gasteiger partial charge in [-0.05, 0) is 24.2 Å². The summed E-state index contributed by atoms with van der Waals surface area (Å²) in [7, 11) is 0. The lowest BCUT2D eigenvalue weighted by Crippen LogP contribution is -2.62. The summed E-state index contributed by atoms with van der Waals surface area (Å²) in [4.78, 5) is 13.4. The van der Waals surface area contributed by atoms with E-state index in [2.05, 4.69) is 18.7 Å². The van der Waals surface area contributed by atoms with E-state index in [9.17, 15) is 9.90 Å². The van der Waals surface area contributed by atoms with Gasteiger partial charge >= 0.3 is 5.97 Å². The molecule has 1 aliphatic heterocycles. The van der Waals surface area contributed by atoms with E-state index in [4.69, 9.17) is 0 Å². The van der Waals surface area contributed by atoms with Gasteiger partial charge in [-0.15, -0.1) is 0 Å². The van der Waals surface area contributed by atoms with Crippen molar-refractivity contribution in [2.45, 2.75) is 59.4 Å². The normalized spacial score (nSPS) is 21.2. The second kappa shape index (κ2) is 5.85. The average Bonchev–Trinajstić information content (AvgIpc) is 2.14. The quantitative estimate of drug-likeness (QED) is 0.745. The molecule has 17 heavy (non-hydrogen) atoms. The maximum atomic E-state index is 11.3. The third-order valence-corrected chi connectivity index (χ3v) is 3.92. The maximum Gasteiger partial charge on any atom is 0.321 e. The number of carbonyl (C=O) groups is 1. The Morgan fingerprint density at radius 3 is 2.00 bits per heavy atom. The van der Waals surface area contributed by atoms with Crippen LogP contribution in [0, 0.1) is 11.3 Å². The predicted octanol–water partition coefficient (Wildman–Crippen LogP) is 3.00. The number of nitrogens with zero attached hydrogens (tertiary/aromatic N) is 1. The smallest absolute Gasteiger partial charge is 0.321 e. The van der Waals surface area contributed by atoms with Crippen LogP contribution in [0.3, 0.4) is 0 Å². The highest BCUT2D eigenvalue weighted by Crippen LogP contribution is 2.41. The zero-order valence-corrected chi connectivity index (χ0v) is 11.7. The second-order valence-corrected chi connectivity index (χ2v) is 5.93. The lowest BCUT2D eigenvalue weighted by atomic mass is 9.71. The van der Waals surface area contributed by atoms with Crippen LogP contribution in [-0.4, -0.2) is 35.1 Å². The van der Waals surface area contributed by atoms with Gasteiger partial charge in [-0.25, -0.2) is 0 Å². The van der Waals surface area contributed by atoms with E-state index in [0.29, 0.717) is 5.41 Å². The van der Waals surface area contributed by atoms with Crippen molar-refractivity contribution in [3.05, 3.63) is 0 Å². The van der Waals surface area contributed by atoms with Gasteiger partial charge in [0.15, 0.2) is 0 Å². The van der Waals surface area contributed by atoms with Crippen molar-refractivity contribution in [1.82, 2.24) is 4.90 Å². The van der Waals surface area contributed by atoms with Crippen molar-refractivity contribution < 1.29 is 9.90 Å². The Balaban J connectivity index is 2.60. The molecule has 1 fully saturated rings. The highest BCUT2D eigenvalue weighted by Gasteiger charge is 2.46. The molecule has 1 N–H and O–H groups in total. The summed E-state index contributed by atoms with van der Waals surface area (Å²) in [6, 6.07) is -0.295. The number of aliphatic carboxylic acids is 1. The number of rotatable bonds is 7. The van der Waals surface area contributed by atoms with Crippen LogP contribution in [0.1, 0.15) is 53.4 Å². The van der Waals surface area contributed by atoms with E-state index >= 15 is 0 Å². The molecule has 0 radical (unpaired) electrons. The number of hydrogen-bond donors (Lipinski definition) is 1. The van der Waals surface area contributed by atoms with Crippen molar-refractivity contribution >= 4 is 5.97 Å². The average molecular weight is 241 g/mol. The maximum absolute atomic E-state index is 11.3. The minimum absolute atomic E-state index is 0.189. The van der Waals surface area contributed by atoms with Gasteiger partial charge in [0.1, 0.15) is 6.04 Å². The van der Waals surface area contributed by atoms with Crippen LogP contribution in [-0.2, 0) is 4.79 Å². The molecule has 1 unspecified atom stereocenters. The van der Waals surface area contributed by atoms with Crippen LogP contribution in [0.15, 0.2) is 0 Å². The molecular weight excluding hydrogens is 214 g/mol. The molecule has 1 aliphatic rings. The lowest BCUT2D eigenvalue weighted by molar-refractivity contribution is -0.153. The van der Waals surface area contributed by atoms with Gasteiger partial charge in [0.05, 0.1) is 0 Å². The minimum atomic E-state index is -0.665. The highest BCUT2D eigenvalue weighted by molar-refractivity contribution is 5.74. The van der Waals surface area contributed by atoms with E-state index in [1.165, 1.54) is 25.7 Å². The zero-order chi connectivity index (χ0) is 13.1. The fraction of sp³-hybridized carbons (Fsp3) is 0.929. The molecular formula is C14H27NO2. The van der Waals surface area contributed by atoms with E-state index in [-0.39, 0.29) is 12.0 Å². The van der Waals surface area contributed by atoms with E-state index in [1.807, 2.05) is 13.8 Å². The fourth-order valence-corrected chi connectivity index (χ4v) is 3.38. The molecule has 0 aliphatic carbocycles. The van der Waals surface area contributed by atoms with Gasteiger partial charge in [0.2, 0.25) is 0 Å². The Labute approximate surface area is 105 Å². The van der Waals surface area contributed by atoms with Gasteiger partial charge < -0.3 is 5.11 Å².